The number of hydrogen-bond acceptors (Lipinski definition) is 4. The third-order valence-corrected chi connectivity index (χ3v) is 5.04. The van der Waals surface area contributed by atoms with E-state index in [4.69, 9.17) is 0 Å². The van der Waals surface area contributed by atoms with Crippen LogP contribution in [0.1, 0.15) is 0 Å². The molecule has 0 spiro atoms. The molecule has 6 nitrogen and oxygen atoms in total. The SMILES string of the molecule is Oc1ccc(-c2c(O)c(O)n(-c3ccc4nc[nH]c4c3)c2-c2cccc(F)c2)cc1. The number of aromatic hydroxyl groups is 3. The van der Waals surface area contributed by atoms with Crippen molar-refractivity contribution in [2.24, 2.45) is 0 Å². The second kappa shape index (κ2) is 6.66. The van der Waals surface area contributed by atoms with E-state index < -0.39 is 5.82 Å². The van der Waals surface area contributed by atoms with Gasteiger partial charge in [0.15, 0.2) is 5.75 Å². The van der Waals surface area contributed by atoms with Gasteiger partial charge in [-0.05, 0) is 48.0 Å². The van der Waals surface area contributed by atoms with E-state index in [0.29, 0.717) is 28.1 Å². The van der Waals surface area contributed by atoms with Crippen molar-refractivity contribution in [2.75, 3.05) is 0 Å². The van der Waals surface area contributed by atoms with Crippen molar-refractivity contribution in [1.82, 2.24) is 14.5 Å². The zero-order valence-corrected chi connectivity index (χ0v) is 15.5. The summed E-state index contributed by atoms with van der Waals surface area (Å²) in [5, 5.41) is 31.3. The summed E-state index contributed by atoms with van der Waals surface area (Å²) in [4.78, 5) is 7.22. The Labute approximate surface area is 170 Å². The Bertz CT molecular complexity index is 1390. The fourth-order valence-electron chi connectivity index (χ4n) is 3.67. The molecule has 3 aromatic carbocycles. The maximum Gasteiger partial charge on any atom is 0.240 e. The molecule has 0 saturated heterocycles. The zero-order chi connectivity index (χ0) is 20.8. The second-order valence-electron chi connectivity index (χ2n) is 6.89. The van der Waals surface area contributed by atoms with Gasteiger partial charge in [0, 0.05) is 5.56 Å². The van der Waals surface area contributed by atoms with Crippen LogP contribution >= 0.6 is 0 Å². The van der Waals surface area contributed by atoms with Gasteiger partial charge in [-0.1, -0.05) is 24.3 Å². The topological polar surface area (TPSA) is 94.3 Å². The van der Waals surface area contributed by atoms with Gasteiger partial charge in [-0.25, -0.2) is 9.37 Å². The van der Waals surface area contributed by atoms with Crippen LogP contribution in [0.4, 0.5) is 4.39 Å². The number of hydrogen-bond donors (Lipinski definition) is 4. The molecule has 0 amide bonds. The van der Waals surface area contributed by atoms with Crippen molar-refractivity contribution in [3.63, 3.8) is 0 Å². The second-order valence-corrected chi connectivity index (χ2v) is 6.89. The summed E-state index contributed by atoms with van der Waals surface area (Å²) in [6.45, 7) is 0. The lowest BCUT2D eigenvalue weighted by molar-refractivity contribution is 0.388. The third-order valence-electron chi connectivity index (χ3n) is 5.04. The van der Waals surface area contributed by atoms with Crippen LogP contribution in [0, 0.1) is 5.82 Å². The summed E-state index contributed by atoms with van der Waals surface area (Å²) in [5.41, 5.74) is 3.82. The highest BCUT2D eigenvalue weighted by molar-refractivity contribution is 5.91. The number of rotatable bonds is 3. The molecule has 5 rings (SSSR count). The Morgan fingerprint density at radius 3 is 2.43 bits per heavy atom. The molecule has 30 heavy (non-hydrogen) atoms. The summed E-state index contributed by atoms with van der Waals surface area (Å²) in [7, 11) is 0. The van der Waals surface area contributed by atoms with E-state index in [9.17, 15) is 19.7 Å². The van der Waals surface area contributed by atoms with Gasteiger partial charge in [0.25, 0.3) is 0 Å². The molecule has 148 valence electrons. The zero-order valence-electron chi connectivity index (χ0n) is 15.5. The Hall–Kier alpha value is -4.26. The lowest BCUT2D eigenvalue weighted by atomic mass is 10.00. The van der Waals surface area contributed by atoms with Crippen LogP contribution in [0.2, 0.25) is 0 Å². The first-order valence-corrected chi connectivity index (χ1v) is 9.18. The molecule has 4 N–H and O–H groups in total. The van der Waals surface area contributed by atoms with Crippen LogP contribution < -0.4 is 0 Å². The molecule has 0 saturated carbocycles. The number of aromatic amines is 1. The Balaban J connectivity index is 1.86. The number of halogens is 1. The fourth-order valence-corrected chi connectivity index (χ4v) is 3.67. The highest BCUT2D eigenvalue weighted by Crippen LogP contribution is 2.48. The lowest BCUT2D eigenvalue weighted by Gasteiger charge is -2.13. The van der Waals surface area contributed by atoms with Gasteiger partial charge in [-0.15, -0.1) is 0 Å². The number of phenols is 1. The van der Waals surface area contributed by atoms with E-state index >= 15 is 0 Å². The van der Waals surface area contributed by atoms with E-state index in [1.807, 2.05) is 0 Å². The first-order chi connectivity index (χ1) is 14.5. The minimum Gasteiger partial charge on any atom is -0.508 e. The van der Waals surface area contributed by atoms with Crippen molar-refractivity contribution in [3.05, 3.63) is 78.9 Å². The van der Waals surface area contributed by atoms with Crippen LogP contribution in [0.5, 0.6) is 17.4 Å². The molecule has 0 aliphatic rings. The lowest BCUT2D eigenvalue weighted by Crippen LogP contribution is -1.98. The fraction of sp³-hybridized carbons (Fsp3) is 0. The number of nitrogens with one attached hydrogen (secondary N) is 1. The Morgan fingerprint density at radius 1 is 0.867 bits per heavy atom. The average molecular weight is 401 g/mol. The molecule has 0 aliphatic carbocycles. The first kappa shape index (κ1) is 17.8. The Kier molecular flexibility index (Phi) is 3.96. The van der Waals surface area contributed by atoms with Gasteiger partial charge < -0.3 is 20.3 Å². The minimum atomic E-state index is -0.445. The van der Waals surface area contributed by atoms with Gasteiger partial charge in [0.1, 0.15) is 11.6 Å². The molecule has 0 bridgehead atoms. The van der Waals surface area contributed by atoms with Crippen molar-refractivity contribution in [2.45, 2.75) is 0 Å². The van der Waals surface area contributed by atoms with Gasteiger partial charge >= 0.3 is 0 Å². The third kappa shape index (κ3) is 2.76. The normalized spacial score (nSPS) is 11.2. The minimum absolute atomic E-state index is 0.0684. The van der Waals surface area contributed by atoms with Gasteiger partial charge in [0.2, 0.25) is 5.88 Å². The van der Waals surface area contributed by atoms with E-state index in [2.05, 4.69) is 9.97 Å². The molecular formula is C23H16FN3O3. The molecule has 5 aromatic rings. The quantitative estimate of drug-likeness (QED) is 0.344. The molecule has 0 fully saturated rings. The molecule has 2 heterocycles. The predicted molar refractivity (Wildman–Crippen MR) is 111 cm³/mol. The van der Waals surface area contributed by atoms with Crippen LogP contribution in [-0.2, 0) is 0 Å². The van der Waals surface area contributed by atoms with Crippen molar-refractivity contribution >= 4 is 11.0 Å². The monoisotopic (exact) mass is 401 g/mol. The maximum absolute atomic E-state index is 14.1. The molecule has 0 unspecified atom stereocenters. The van der Waals surface area contributed by atoms with E-state index in [1.165, 1.54) is 28.8 Å². The highest BCUT2D eigenvalue weighted by atomic mass is 19.1. The summed E-state index contributed by atoms with van der Waals surface area (Å²) >= 11 is 0. The van der Waals surface area contributed by atoms with E-state index in [1.54, 1.807) is 48.8 Å². The predicted octanol–water partition coefficient (Wildman–Crippen LogP) is 4.94. The molecule has 0 atom stereocenters. The van der Waals surface area contributed by atoms with E-state index in [-0.39, 0.29) is 17.4 Å². The van der Waals surface area contributed by atoms with Gasteiger partial charge in [-0.2, -0.15) is 0 Å². The molecular weight excluding hydrogens is 385 g/mol. The number of benzene rings is 3. The molecule has 2 aromatic heterocycles. The number of phenolic OH excluding ortho intramolecular Hbond substituents is 1. The number of fused-ring (bicyclic) bond motifs is 1. The van der Waals surface area contributed by atoms with Gasteiger partial charge in [-0.3, -0.25) is 4.57 Å². The average Bonchev–Trinajstić information content (AvgIpc) is 3.31. The van der Waals surface area contributed by atoms with Crippen LogP contribution in [0.3, 0.4) is 0 Å². The maximum atomic E-state index is 14.1. The standard InChI is InChI=1S/C23H16FN3O3/c24-15-3-1-2-14(10-15)21-20(13-4-7-17(28)8-5-13)22(29)23(30)27(21)16-6-9-18-19(11-16)26-12-25-18/h1-12,28-30H,(H,25,26). The first-order valence-electron chi connectivity index (χ1n) is 9.18. The summed E-state index contributed by atoms with van der Waals surface area (Å²) < 4.78 is 15.5. The molecule has 0 aliphatic heterocycles. The number of H-pyrrole nitrogens is 1. The summed E-state index contributed by atoms with van der Waals surface area (Å²) in [5.74, 6) is -1.10. The number of aromatic nitrogens is 3. The molecule has 7 heteroatoms. The summed E-state index contributed by atoms with van der Waals surface area (Å²) in [6.07, 6.45) is 1.57. The summed E-state index contributed by atoms with van der Waals surface area (Å²) in [6, 6.07) is 17.5. The van der Waals surface area contributed by atoms with Crippen LogP contribution in [0.25, 0.3) is 39.1 Å². The highest BCUT2D eigenvalue weighted by Gasteiger charge is 2.26. The van der Waals surface area contributed by atoms with Crippen molar-refractivity contribution in [3.8, 4) is 45.5 Å². The number of nitrogens with zero attached hydrogens (tertiary/aromatic N) is 2. The van der Waals surface area contributed by atoms with Gasteiger partial charge in [0.05, 0.1) is 34.3 Å². The van der Waals surface area contributed by atoms with Crippen molar-refractivity contribution < 1.29 is 19.7 Å². The van der Waals surface area contributed by atoms with Crippen LogP contribution in [0.15, 0.2) is 73.1 Å². The number of imidazole rings is 1. The smallest absolute Gasteiger partial charge is 0.240 e. The molecule has 0 radical (unpaired) electrons. The Morgan fingerprint density at radius 2 is 1.67 bits per heavy atom. The largest absolute Gasteiger partial charge is 0.508 e. The van der Waals surface area contributed by atoms with Crippen LogP contribution in [-0.4, -0.2) is 29.9 Å². The van der Waals surface area contributed by atoms with Crippen molar-refractivity contribution in [1.29, 1.82) is 0 Å². The van der Waals surface area contributed by atoms with E-state index in [0.717, 1.165) is 11.0 Å².